The third-order valence-corrected chi connectivity index (χ3v) is 2.89. The molecule has 2 N–H and O–H groups in total. The number of aromatic hydroxyl groups is 1. The number of phenolic OH excluding ortho intramolecular Hbond substituents is 1. The fourth-order valence-corrected chi connectivity index (χ4v) is 1.64. The van der Waals surface area contributed by atoms with Gasteiger partial charge in [0.2, 0.25) is 0 Å². The molecule has 31 heavy (non-hydrogen) atoms. The Morgan fingerprint density at radius 3 is 1.35 bits per heavy atom. The SMILES string of the molecule is CC(C)O.COc1[c-]cccc1.COc1[c-]cccc1.COc1ccccc1O.[O]=[Ti+2]. The molecule has 0 aliphatic rings. The van der Waals surface area contributed by atoms with Crippen molar-refractivity contribution in [2.45, 2.75) is 20.0 Å². The molecule has 0 saturated heterocycles. The molecule has 3 rings (SSSR count). The molecule has 0 heterocycles. The molecular weight excluding hydrogens is 432 g/mol. The van der Waals surface area contributed by atoms with E-state index in [1.807, 2.05) is 48.5 Å². The minimum absolute atomic E-state index is 0.167. The van der Waals surface area contributed by atoms with Gasteiger partial charge in [-0.05, 0) is 26.0 Å². The van der Waals surface area contributed by atoms with E-state index in [0.717, 1.165) is 31.9 Å². The number of methoxy groups -OCH3 is 3. The molecule has 6 nitrogen and oxygen atoms in total. The van der Waals surface area contributed by atoms with Crippen LogP contribution in [0, 0.1) is 12.1 Å². The number of hydrogen-bond acceptors (Lipinski definition) is 6. The third-order valence-electron chi connectivity index (χ3n) is 2.89. The number of aliphatic hydroxyl groups excluding tert-OH is 1. The van der Waals surface area contributed by atoms with Crippen LogP contribution in [0.4, 0.5) is 0 Å². The van der Waals surface area contributed by atoms with Crippen molar-refractivity contribution in [3.8, 4) is 23.0 Å². The number of para-hydroxylation sites is 4. The monoisotopic (exact) mass is 462 g/mol. The first-order valence-corrected chi connectivity index (χ1v) is 9.80. The number of ether oxygens (including phenoxy) is 3. The number of hydrogen-bond donors (Lipinski definition) is 2. The van der Waals surface area contributed by atoms with Gasteiger partial charge in [0, 0.05) is 17.6 Å². The zero-order chi connectivity index (χ0) is 23.9. The van der Waals surface area contributed by atoms with E-state index in [-0.39, 0.29) is 11.9 Å². The molecule has 3 aromatic rings. The van der Waals surface area contributed by atoms with Crippen LogP contribution in [0.2, 0.25) is 0 Å². The minimum atomic E-state index is -0.167. The summed E-state index contributed by atoms with van der Waals surface area (Å²) in [6.45, 7) is 3.44. The van der Waals surface area contributed by atoms with E-state index < -0.39 is 0 Å². The van der Waals surface area contributed by atoms with Crippen molar-refractivity contribution in [1.82, 2.24) is 0 Å². The van der Waals surface area contributed by atoms with E-state index >= 15 is 0 Å². The van der Waals surface area contributed by atoms with Gasteiger partial charge in [0.05, 0.1) is 21.3 Å². The topological polar surface area (TPSA) is 85.2 Å². The van der Waals surface area contributed by atoms with E-state index in [0.29, 0.717) is 5.75 Å². The second kappa shape index (κ2) is 22.0. The van der Waals surface area contributed by atoms with Crippen molar-refractivity contribution in [3.05, 3.63) is 84.9 Å². The first-order valence-electron chi connectivity index (χ1n) is 9.16. The molecule has 0 atom stereocenters. The summed E-state index contributed by atoms with van der Waals surface area (Å²) in [5.41, 5.74) is 0. The maximum atomic E-state index is 8.99. The maximum absolute atomic E-state index is 8.99. The molecule has 0 fully saturated rings. The van der Waals surface area contributed by atoms with Crippen molar-refractivity contribution in [2.75, 3.05) is 21.3 Å². The Balaban J connectivity index is 0. The van der Waals surface area contributed by atoms with E-state index in [2.05, 4.69) is 12.1 Å². The Morgan fingerprint density at radius 2 is 1.13 bits per heavy atom. The van der Waals surface area contributed by atoms with Gasteiger partial charge in [-0.1, -0.05) is 12.1 Å². The summed E-state index contributed by atoms with van der Waals surface area (Å²) in [4.78, 5) is 0. The van der Waals surface area contributed by atoms with E-state index in [4.69, 9.17) is 27.7 Å². The van der Waals surface area contributed by atoms with Crippen LogP contribution in [0.25, 0.3) is 0 Å². The molecule has 0 aliphatic carbocycles. The summed E-state index contributed by atoms with van der Waals surface area (Å²) in [6, 6.07) is 27.6. The Morgan fingerprint density at radius 1 is 0.742 bits per heavy atom. The van der Waals surface area contributed by atoms with Gasteiger partial charge in [0.1, 0.15) is 0 Å². The van der Waals surface area contributed by atoms with Crippen molar-refractivity contribution >= 4 is 0 Å². The summed E-state index contributed by atoms with van der Waals surface area (Å²) in [5.74, 6) is 2.26. The number of aliphatic hydroxyl groups is 1. The zero-order valence-electron chi connectivity index (χ0n) is 18.5. The summed E-state index contributed by atoms with van der Waals surface area (Å²) in [7, 11) is 4.78. The van der Waals surface area contributed by atoms with Crippen LogP contribution in [-0.2, 0) is 23.7 Å². The number of phenols is 1. The molecule has 0 amide bonds. The van der Waals surface area contributed by atoms with Crippen LogP contribution in [0.15, 0.2) is 72.8 Å². The molecule has 0 unspecified atom stereocenters. The van der Waals surface area contributed by atoms with Crippen molar-refractivity contribution in [2.24, 2.45) is 0 Å². The van der Waals surface area contributed by atoms with Crippen LogP contribution >= 0.6 is 0 Å². The fourth-order valence-electron chi connectivity index (χ4n) is 1.64. The third kappa shape index (κ3) is 19.1. The van der Waals surface area contributed by atoms with Gasteiger partial charge in [-0.15, -0.1) is 24.3 Å². The predicted octanol–water partition coefficient (Wildman–Crippen LogP) is 4.66. The average molecular weight is 462 g/mol. The average Bonchev–Trinajstić information content (AvgIpc) is 2.82. The predicted molar refractivity (Wildman–Crippen MR) is 116 cm³/mol. The fraction of sp³-hybridized carbons (Fsp3) is 0.250. The number of rotatable bonds is 3. The van der Waals surface area contributed by atoms with Crippen LogP contribution < -0.4 is 14.2 Å². The molecule has 0 saturated carbocycles. The first-order chi connectivity index (χ1) is 14.9. The summed E-state index contributed by atoms with van der Waals surface area (Å²) >= 11 is 0.750. The van der Waals surface area contributed by atoms with Crippen molar-refractivity contribution in [3.63, 3.8) is 0 Å². The number of benzene rings is 3. The summed E-state index contributed by atoms with van der Waals surface area (Å²) in [6.07, 6.45) is -0.167. The molecule has 166 valence electrons. The second-order valence-electron chi connectivity index (χ2n) is 5.63. The first kappa shape index (κ1) is 30.5. The van der Waals surface area contributed by atoms with Gasteiger partial charge >= 0.3 is 23.7 Å². The van der Waals surface area contributed by atoms with Crippen LogP contribution in [-0.4, -0.2) is 37.6 Å². The Kier molecular flexibility index (Phi) is 21.7. The van der Waals surface area contributed by atoms with Crippen LogP contribution in [0.1, 0.15) is 13.8 Å². The van der Waals surface area contributed by atoms with Gasteiger partial charge in [0.25, 0.3) is 0 Å². The Bertz CT molecular complexity index is 712. The normalized spacial score (nSPS) is 8.42. The van der Waals surface area contributed by atoms with Crippen LogP contribution in [0.5, 0.6) is 23.0 Å². The van der Waals surface area contributed by atoms with E-state index in [9.17, 15) is 0 Å². The van der Waals surface area contributed by atoms with Gasteiger partial charge in [-0.2, -0.15) is 36.4 Å². The second-order valence-corrected chi connectivity index (χ2v) is 5.63. The Labute approximate surface area is 197 Å². The van der Waals surface area contributed by atoms with Crippen molar-refractivity contribution < 1.29 is 48.2 Å². The zero-order valence-corrected chi connectivity index (χ0v) is 20.1. The van der Waals surface area contributed by atoms with E-state index in [1.54, 1.807) is 52.3 Å². The molecule has 3 aromatic carbocycles. The van der Waals surface area contributed by atoms with Crippen molar-refractivity contribution in [1.29, 1.82) is 0 Å². The molecule has 0 aliphatic heterocycles. The standard InChI is InChI=1S/C7H8O2.2C7H7O.C3H8O.O.Ti/c1-9-7-5-3-2-4-6(7)8;2*1-8-7-5-3-2-4-6-7;1-3(2)4;;/h2-5,8H,1H3;2*2-5H,1H3;3-4H,1-2H3;;/q;2*-1;;;+2. The van der Waals surface area contributed by atoms with Gasteiger partial charge in [0.15, 0.2) is 11.5 Å². The molecule has 0 bridgehead atoms. The molecular formula is C24H30O6Ti. The van der Waals surface area contributed by atoms with Gasteiger partial charge in [-0.3, -0.25) is 0 Å². The van der Waals surface area contributed by atoms with Crippen LogP contribution in [0.3, 0.4) is 0 Å². The quantitative estimate of drug-likeness (QED) is 0.435. The molecule has 0 radical (unpaired) electrons. The molecule has 0 spiro atoms. The van der Waals surface area contributed by atoms with Gasteiger partial charge in [-0.25, -0.2) is 0 Å². The molecule has 7 heteroatoms. The summed E-state index contributed by atoms with van der Waals surface area (Å²) < 4.78 is 22.8. The van der Waals surface area contributed by atoms with E-state index in [1.165, 1.54) is 7.11 Å². The molecule has 0 aromatic heterocycles. The van der Waals surface area contributed by atoms with Gasteiger partial charge < -0.3 is 24.4 Å². The summed E-state index contributed by atoms with van der Waals surface area (Å²) in [5, 5.41) is 17.0. The Hall–Kier alpha value is -2.67.